The first-order chi connectivity index (χ1) is 7.29. The molecule has 0 saturated carbocycles. The first-order valence-corrected chi connectivity index (χ1v) is 5.19. The first-order valence-electron chi connectivity index (χ1n) is 4.40. The van der Waals surface area contributed by atoms with Crippen molar-refractivity contribution in [2.24, 2.45) is 5.73 Å². The third-order valence-electron chi connectivity index (χ3n) is 1.89. The third-order valence-corrected chi connectivity index (χ3v) is 2.30. The van der Waals surface area contributed by atoms with Gasteiger partial charge in [0, 0.05) is 18.9 Å². The molecule has 1 heterocycles. The molecule has 0 radical (unpaired) electrons. The lowest BCUT2D eigenvalue weighted by Gasteiger charge is -1.98. The van der Waals surface area contributed by atoms with E-state index in [4.69, 9.17) is 5.73 Å². The maximum atomic E-state index is 5.54. The van der Waals surface area contributed by atoms with Crippen LogP contribution in [-0.4, -0.2) is 9.97 Å². The summed E-state index contributed by atoms with van der Waals surface area (Å²) in [5.41, 5.74) is 7.34. The smallest absolute Gasteiger partial charge is 0.167 e. The molecule has 3 nitrogen and oxygen atoms in total. The van der Waals surface area contributed by atoms with Crippen LogP contribution in [0.1, 0.15) is 5.56 Å². The summed E-state index contributed by atoms with van der Waals surface area (Å²) < 4.78 is 0.852. The minimum absolute atomic E-state index is 0.481. The van der Waals surface area contributed by atoms with Crippen LogP contribution >= 0.6 is 15.9 Å². The number of nitrogens with two attached hydrogens (primary N) is 1. The Kier molecular flexibility index (Phi) is 2.95. The van der Waals surface area contributed by atoms with Crippen molar-refractivity contribution in [2.75, 3.05) is 0 Å². The van der Waals surface area contributed by atoms with Gasteiger partial charge in [-0.1, -0.05) is 12.1 Å². The molecule has 0 bridgehead atoms. The Labute approximate surface area is 96.5 Å². The molecule has 0 fully saturated rings. The minimum atomic E-state index is 0.481. The number of hydrogen-bond donors (Lipinski definition) is 1. The highest BCUT2D eigenvalue weighted by Crippen LogP contribution is 2.14. The van der Waals surface area contributed by atoms with Crippen LogP contribution in [0.25, 0.3) is 11.4 Å². The topological polar surface area (TPSA) is 51.8 Å². The average molecular weight is 262 g/mol. The summed E-state index contributed by atoms with van der Waals surface area (Å²) in [4.78, 5) is 8.35. The normalized spacial score (nSPS) is 9.73. The molecule has 2 N–H and O–H groups in total. The van der Waals surface area contributed by atoms with E-state index in [0.717, 1.165) is 15.6 Å². The zero-order valence-electron chi connectivity index (χ0n) is 7.87. The molecule has 0 aliphatic carbocycles. The molecule has 2 aromatic rings. The Morgan fingerprint density at radius 2 is 2.07 bits per heavy atom. The van der Waals surface area contributed by atoms with Gasteiger partial charge in [0.05, 0.1) is 10.0 Å². The summed E-state index contributed by atoms with van der Waals surface area (Å²) >= 11 is 3.28. The molecule has 0 amide bonds. The van der Waals surface area contributed by atoms with Crippen LogP contribution in [0.2, 0.25) is 0 Å². The fourth-order valence-electron chi connectivity index (χ4n) is 1.16. The molecule has 1 aromatic heterocycles. The van der Waals surface area contributed by atoms with Crippen molar-refractivity contribution in [1.82, 2.24) is 9.97 Å². The number of hydrogen-bond acceptors (Lipinski definition) is 3. The molecule has 1 aromatic carbocycles. The van der Waals surface area contributed by atoms with Crippen LogP contribution in [0.4, 0.5) is 0 Å². The predicted octanol–water partition coefficient (Wildman–Crippen LogP) is 1.97. The Bertz CT molecular complexity index is 454. The monoisotopic (exact) mass is 261 g/mol. The number of aromatic nitrogens is 2. The van der Waals surface area contributed by atoms with Crippen molar-refractivity contribution in [2.45, 2.75) is 6.54 Å². The van der Waals surface area contributed by atoms with Gasteiger partial charge in [-0.2, -0.15) is 0 Å². The summed E-state index contributed by atoms with van der Waals surface area (Å²) in [6.07, 6.45) is 3.40. The lowest BCUT2D eigenvalue weighted by atomic mass is 10.1. The molecule has 15 heavy (non-hydrogen) atoms. The van der Waals surface area contributed by atoms with Gasteiger partial charge in [-0.15, -0.1) is 0 Å². The van der Waals surface area contributed by atoms with Crippen molar-refractivity contribution in [3.63, 3.8) is 0 Å². The van der Waals surface area contributed by atoms with Crippen molar-refractivity contribution < 1.29 is 0 Å². The molecule has 0 aliphatic rings. The second kappa shape index (κ2) is 4.39. The van der Waals surface area contributed by atoms with Gasteiger partial charge in [0.1, 0.15) is 0 Å². The standard InChI is InChI=1S/C11H8BrN3/c12-10-6-14-11(15-7-10)9-3-1-2-8(4-9)5-13/h2,4,6-7H,5,13H2. The van der Waals surface area contributed by atoms with E-state index in [0.29, 0.717) is 12.4 Å². The van der Waals surface area contributed by atoms with Gasteiger partial charge in [-0.25, -0.2) is 9.97 Å². The van der Waals surface area contributed by atoms with Gasteiger partial charge in [-0.3, -0.25) is 0 Å². The SMILES string of the molecule is NCc1cc#cc(-c2ncc(Br)cn2)c1. The molecule has 74 valence electrons. The Balaban J connectivity index is 2.40. The lowest BCUT2D eigenvalue weighted by molar-refractivity contribution is 1.07. The molecule has 2 rings (SSSR count). The van der Waals surface area contributed by atoms with Crippen molar-refractivity contribution in [3.8, 4) is 11.4 Å². The van der Waals surface area contributed by atoms with Crippen LogP contribution < -0.4 is 5.73 Å². The zero-order valence-corrected chi connectivity index (χ0v) is 9.45. The number of nitrogens with zero attached hydrogens (tertiary/aromatic N) is 2. The van der Waals surface area contributed by atoms with Crippen molar-refractivity contribution >= 4 is 15.9 Å². The van der Waals surface area contributed by atoms with Crippen molar-refractivity contribution in [1.29, 1.82) is 0 Å². The average Bonchev–Trinajstić information content (AvgIpc) is 2.30. The predicted molar refractivity (Wildman–Crippen MR) is 60.7 cm³/mol. The van der Waals surface area contributed by atoms with E-state index in [9.17, 15) is 0 Å². The van der Waals surface area contributed by atoms with Crippen LogP contribution in [-0.2, 0) is 6.54 Å². The molecule has 0 aliphatic heterocycles. The maximum Gasteiger partial charge on any atom is 0.167 e. The highest BCUT2D eigenvalue weighted by molar-refractivity contribution is 9.10. The molecule has 0 spiro atoms. The van der Waals surface area contributed by atoms with E-state index < -0.39 is 0 Å². The maximum absolute atomic E-state index is 5.54. The second-order valence-electron chi connectivity index (χ2n) is 2.98. The van der Waals surface area contributed by atoms with Gasteiger partial charge in [0.2, 0.25) is 0 Å². The third kappa shape index (κ3) is 2.32. The van der Waals surface area contributed by atoms with Crippen molar-refractivity contribution in [3.05, 3.63) is 46.7 Å². The molecule has 0 saturated heterocycles. The van der Waals surface area contributed by atoms with Crippen LogP contribution in [0, 0.1) is 12.1 Å². The Morgan fingerprint density at radius 3 is 2.73 bits per heavy atom. The Morgan fingerprint density at radius 1 is 1.33 bits per heavy atom. The van der Waals surface area contributed by atoms with Crippen LogP contribution in [0.3, 0.4) is 0 Å². The van der Waals surface area contributed by atoms with E-state index in [-0.39, 0.29) is 0 Å². The lowest BCUT2D eigenvalue weighted by Crippen LogP contribution is -1.96. The van der Waals surface area contributed by atoms with E-state index in [1.165, 1.54) is 0 Å². The van der Waals surface area contributed by atoms with Gasteiger partial charge in [-0.05, 0) is 33.6 Å². The Hall–Kier alpha value is -1.44. The van der Waals surface area contributed by atoms with Gasteiger partial charge < -0.3 is 5.73 Å². The second-order valence-corrected chi connectivity index (χ2v) is 3.89. The number of halogens is 1. The summed E-state index contributed by atoms with van der Waals surface area (Å²) in [6.45, 7) is 0.481. The summed E-state index contributed by atoms with van der Waals surface area (Å²) in [5.74, 6) is 0.629. The molecule has 0 atom stereocenters. The van der Waals surface area contributed by atoms with Crippen LogP contribution in [0.15, 0.2) is 29.0 Å². The van der Waals surface area contributed by atoms with Gasteiger partial charge >= 0.3 is 0 Å². The van der Waals surface area contributed by atoms with Crippen LogP contribution in [0.5, 0.6) is 0 Å². The highest BCUT2D eigenvalue weighted by atomic mass is 79.9. The largest absolute Gasteiger partial charge is 0.326 e. The number of rotatable bonds is 2. The fourth-order valence-corrected chi connectivity index (χ4v) is 1.36. The van der Waals surface area contributed by atoms with E-state index in [2.05, 4.69) is 38.0 Å². The summed E-state index contributed by atoms with van der Waals surface area (Å²) in [5, 5.41) is 0. The zero-order chi connectivity index (χ0) is 10.7. The fraction of sp³-hybridized carbons (Fsp3) is 0.0909. The van der Waals surface area contributed by atoms with Gasteiger partial charge in [0.15, 0.2) is 5.82 Å². The molecule has 0 unspecified atom stereocenters. The van der Waals surface area contributed by atoms with Gasteiger partial charge in [0.25, 0.3) is 0 Å². The summed E-state index contributed by atoms with van der Waals surface area (Å²) in [7, 11) is 0. The quantitative estimate of drug-likeness (QED) is 0.900. The molecular formula is C11H8BrN3. The first kappa shape index (κ1) is 10.1. The van der Waals surface area contributed by atoms with E-state index in [1.807, 2.05) is 12.1 Å². The van der Waals surface area contributed by atoms with E-state index >= 15 is 0 Å². The minimum Gasteiger partial charge on any atom is -0.326 e. The molecule has 4 heteroatoms. The summed E-state index contributed by atoms with van der Waals surface area (Å²) in [6, 6.07) is 9.58. The highest BCUT2D eigenvalue weighted by Gasteiger charge is 2.00. The molecular weight excluding hydrogens is 254 g/mol. The van der Waals surface area contributed by atoms with E-state index in [1.54, 1.807) is 12.4 Å².